The fourth-order valence-electron chi connectivity index (χ4n) is 6.06. The first-order chi connectivity index (χ1) is 16.6. The summed E-state index contributed by atoms with van der Waals surface area (Å²) in [4.78, 5) is 15.3. The van der Waals surface area contributed by atoms with Crippen LogP contribution in [-0.2, 0) is 4.74 Å². The van der Waals surface area contributed by atoms with Crippen molar-refractivity contribution in [2.24, 2.45) is 0 Å². The maximum atomic E-state index is 13.3. The maximum absolute atomic E-state index is 13.3. The molecule has 0 radical (unpaired) electrons. The van der Waals surface area contributed by atoms with E-state index in [1.54, 1.807) is 7.11 Å². The average molecular weight is 452 g/mol. The van der Waals surface area contributed by atoms with Crippen LogP contribution in [0.2, 0.25) is 0 Å². The molecular formula is C30H29NO3. The molecule has 3 aliphatic rings. The molecule has 2 bridgehead atoms. The standard InChI is InChI=1S/C30H29NO3/c1-19-11-14-23(33-2)17-28(19)20-15-21-12-13-22(16-20)31(21)30(32)34-18-29-26-9-5-3-7-24(26)25-8-4-6-10-27(25)29/h3-11,14-15,17,21-22,29H,12-13,16,18H2,1-2H3. The molecule has 0 spiro atoms. The van der Waals surface area contributed by atoms with Gasteiger partial charge >= 0.3 is 6.09 Å². The highest BCUT2D eigenvalue weighted by atomic mass is 16.6. The van der Waals surface area contributed by atoms with Crippen molar-refractivity contribution >= 4 is 11.7 Å². The lowest BCUT2D eigenvalue weighted by molar-refractivity contribution is 0.0866. The van der Waals surface area contributed by atoms with E-state index in [2.05, 4.69) is 73.7 Å². The molecule has 3 aromatic carbocycles. The summed E-state index contributed by atoms with van der Waals surface area (Å²) in [6.07, 6.45) is 4.94. The number of methoxy groups -OCH3 is 1. The predicted molar refractivity (Wildman–Crippen MR) is 134 cm³/mol. The second kappa shape index (κ2) is 8.35. The number of fused-ring (bicyclic) bond motifs is 5. The summed E-state index contributed by atoms with van der Waals surface area (Å²) in [5.41, 5.74) is 8.76. The Labute approximate surface area is 200 Å². The van der Waals surface area contributed by atoms with Crippen molar-refractivity contribution < 1.29 is 14.3 Å². The monoisotopic (exact) mass is 451 g/mol. The van der Waals surface area contributed by atoms with E-state index in [1.807, 2.05) is 11.0 Å². The minimum absolute atomic E-state index is 0.0873. The van der Waals surface area contributed by atoms with E-state index >= 15 is 0 Å². The molecule has 1 saturated heterocycles. The highest BCUT2D eigenvalue weighted by Crippen LogP contribution is 2.45. The van der Waals surface area contributed by atoms with Crippen LogP contribution in [-0.4, -0.2) is 36.8 Å². The third-order valence-corrected chi connectivity index (χ3v) is 7.73. The highest BCUT2D eigenvalue weighted by molar-refractivity contribution is 5.80. The summed E-state index contributed by atoms with van der Waals surface area (Å²) in [6, 6.07) is 23.4. The molecule has 172 valence electrons. The Hall–Kier alpha value is -3.53. The Morgan fingerprint density at radius 1 is 0.941 bits per heavy atom. The van der Waals surface area contributed by atoms with Crippen LogP contribution in [0.3, 0.4) is 0 Å². The SMILES string of the molecule is COc1ccc(C)c(C2=CC3CCC(C2)N3C(=O)OCC2c3ccccc3-c3ccccc32)c1. The molecule has 1 amide bonds. The van der Waals surface area contributed by atoms with Gasteiger partial charge in [-0.1, -0.05) is 60.7 Å². The number of benzene rings is 3. The molecule has 34 heavy (non-hydrogen) atoms. The van der Waals surface area contributed by atoms with Crippen LogP contribution in [0.1, 0.15) is 47.4 Å². The second-order valence-electron chi connectivity index (χ2n) is 9.59. The van der Waals surface area contributed by atoms with Gasteiger partial charge in [0.15, 0.2) is 0 Å². The number of ether oxygens (including phenoxy) is 2. The molecule has 3 aromatic rings. The van der Waals surface area contributed by atoms with Crippen LogP contribution in [0.25, 0.3) is 16.7 Å². The normalized spacial score (nSPS) is 20.5. The summed E-state index contributed by atoms with van der Waals surface area (Å²) in [7, 11) is 1.70. The third kappa shape index (κ3) is 3.40. The first kappa shape index (κ1) is 21.0. The van der Waals surface area contributed by atoms with Gasteiger partial charge < -0.3 is 9.47 Å². The minimum Gasteiger partial charge on any atom is -0.497 e. The van der Waals surface area contributed by atoms with Gasteiger partial charge in [-0.15, -0.1) is 0 Å². The Balaban J connectivity index is 1.21. The van der Waals surface area contributed by atoms with Gasteiger partial charge in [-0.2, -0.15) is 0 Å². The van der Waals surface area contributed by atoms with Gasteiger partial charge in [0.2, 0.25) is 0 Å². The van der Waals surface area contributed by atoms with Crippen LogP contribution in [0.4, 0.5) is 4.79 Å². The number of hydrogen-bond acceptors (Lipinski definition) is 3. The second-order valence-corrected chi connectivity index (χ2v) is 9.59. The van der Waals surface area contributed by atoms with Gasteiger partial charge in [-0.3, -0.25) is 4.90 Å². The van der Waals surface area contributed by atoms with Crippen molar-refractivity contribution in [2.45, 2.75) is 44.2 Å². The number of nitrogens with zero attached hydrogens (tertiary/aromatic N) is 1. The first-order valence-corrected chi connectivity index (χ1v) is 12.1. The molecule has 0 saturated carbocycles. The van der Waals surface area contributed by atoms with Gasteiger partial charge in [-0.05, 0) is 77.3 Å². The fourth-order valence-corrected chi connectivity index (χ4v) is 6.06. The molecule has 0 aromatic heterocycles. The maximum Gasteiger partial charge on any atom is 0.410 e. The summed E-state index contributed by atoms with van der Waals surface area (Å²) >= 11 is 0. The first-order valence-electron chi connectivity index (χ1n) is 12.1. The van der Waals surface area contributed by atoms with E-state index in [4.69, 9.17) is 9.47 Å². The van der Waals surface area contributed by atoms with E-state index in [-0.39, 0.29) is 24.1 Å². The van der Waals surface area contributed by atoms with Crippen molar-refractivity contribution in [3.8, 4) is 16.9 Å². The van der Waals surface area contributed by atoms with E-state index in [0.717, 1.165) is 25.0 Å². The molecule has 0 N–H and O–H groups in total. The summed E-state index contributed by atoms with van der Waals surface area (Å²) < 4.78 is 11.4. The third-order valence-electron chi connectivity index (χ3n) is 7.73. The highest BCUT2D eigenvalue weighted by Gasteiger charge is 2.41. The number of amides is 1. The van der Waals surface area contributed by atoms with Crippen molar-refractivity contribution in [2.75, 3.05) is 13.7 Å². The van der Waals surface area contributed by atoms with Crippen LogP contribution >= 0.6 is 0 Å². The van der Waals surface area contributed by atoms with Crippen molar-refractivity contribution in [1.29, 1.82) is 0 Å². The number of carbonyl (C=O) groups excluding carboxylic acids is 1. The van der Waals surface area contributed by atoms with Crippen molar-refractivity contribution in [3.63, 3.8) is 0 Å². The number of rotatable bonds is 4. The zero-order valence-corrected chi connectivity index (χ0v) is 19.7. The molecule has 2 unspecified atom stereocenters. The van der Waals surface area contributed by atoms with Gasteiger partial charge in [0.1, 0.15) is 12.4 Å². The predicted octanol–water partition coefficient (Wildman–Crippen LogP) is 6.57. The van der Waals surface area contributed by atoms with Crippen LogP contribution in [0.5, 0.6) is 5.75 Å². The van der Waals surface area contributed by atoms with Crippen molar-refractivity contribution in [3.05, 3.63) is 95.1 Å². The van der Waals surface area contributed by atoms with E-state index in [9.17, 15) is 4.79 Å². The summed E-state index contributed by atoms with van der Waals surface area (Å²) in [5, 5.41) is 0. The van der Waals surface area contributed by atoms with Gasteiger partial charge in [0, 0.05) is 12.0 Å². The Bertz CT molecular complexity index is 1250. The largest absolute Gasteiger partial charge is 0.497 e. The molecule has 6 rings (SSSR count). The molecule has 4 heteroatoms. The van der Waals surface area contributed by atoms with Crippen molar-refractivity contribution in [1.82, 2.24) is 4.90 Å². The number of aryl methyl sites for hydroxylation is 1. The molecule has 2 atom stereocenters. The molecule has 2 aliphatic heterocycles. The topological polar surface area (TPSA) is 38.8 Å². The lowest BCUT2D eigenvalue weighted by atomic mass is 9.92. The molecule has 2 heterocycles. The van der Waals surface area contributed by atoms with E-state index in [1.165, 1.54) is 39.0 Å². The molecular weight excluding hydrogens is 422 g/mol. The zero-order valence-electron chi connectivity index (χ0n) is 19.7. The van der Waals surface area contributed by atoms with E-state index < -0.39 is 0 Å². The molecule has 1 aliphatic carbocycles. The zero-order chi connectivity index (χ0) is 23.2. The summed E-state index contributed by atoms with van der Waals surface area (Å²) in [5.74, 6) is 0.956. The Kier molecular flexibility index (Phi) is 5.17. The molecule has 1 fully saturated rings. The lowest BCUT2D eigenvalue weighted by Gasteiger charge is -2.34. The summed E-state index contributed by atoms with van der Waals surface area (Å²) in [6.45, 7) is 2.50. The molecule has 4 nitrogen and oxygen atoms in total. The van der Waals surface area contributed by atoms with Gasteiger partial charge in [-0.25, -0.2) is 4.79 Å². The van der Waals surface area contributed by atoms with Gasteiger partial charge in [0.25, 0.3) is 0 Å². The number of carbonyl (C=O) groups is 1. The average Bonchev–Trinajstić information content (AvgIpc) is 3.33. The fraction of sp³-hybridized carbons (Fsp3) is 0.300. The smallest absolute Gasteiger partial charge is 0.410 e. The van der Waals surface area contributed by atoms with Gasteiger partial charge in [0.05, 0.1) is 13.2 Å². The Morgan fingerprint density at radius 2 is 1.65 bits per heavy atom. The minimum atomic E-state index is -0.188. The van der Waals surface area contributed by atoms with Crippen LogP contribution in [0, 0.1) is 6.92 Å². The quantitative estimate of drug-likeness (QED) is 0.450. The number of hydrogen-bond donors (Lipinski definition) is 0. The van der Waals surface area contributed by atoms with Crippen LogP contribution < -0.4 is 4.74 Å². The van der Waals surface area contributed by atoms with Crippen LogP contribution in [0.15, 0.2) is 72.8 Å². The Morgan fingerprint density at radius 3 is 2.32 bits per heavy atom. The van der Waals surface area contributed by atoms with E-state index in [0.29, 0.717) is 6.61 Å². The lowest BCUT2D eigenvalue weighted by Crippen LogP contribution is -2.43.